The summed E-state index contributed by atoms with van der Waals surface area (Å²) in [7, 11) is 0. The van der Waals surface area contributed by atoms with Crippen LogP contribution < -0.4 is 5.73 Å². The second-order valence-corrected chi connectivity index (χ2v) is 7.67. The summed E-state index contributed by atoms with van der Waals surface area (Å²) < 4.78 is 0. The van der Waals surface area contributed by atoms with Gasteiger partial charge in [0.15, 0.2) is 0 Å². The van der Waals surface area contributed by atoms with Crippen LogP contribution >= 0.6 is 0 Å². The van der Waals surface area contributed by atoms with Crippen molar-refractivity contribution in [1.82, 2.24) is 0 Å². The molecule has 1 aliphatic carbocycles. The first-order chi connectivity index (χ1) is 8.37. The molecule has 1 saturated carbocycles. The number of hydrogen-bond donors (Lipinski definition) is 1. The Morgan fingerprint density at radius 3 is 2.06 bits per heavy atom. The van der Waals surface area contributed by atoms with Gasteiger partial charge in [0.25, 0.3) is 0 Å². The molecule has 2 N–H and O–H groups in total. The van der Waals surface area contributed by atoms with Gasteiger partial charge in [0.2, 0.25) is 0 Å². The standard InChI is InChI=1S/C17H35N/c1-5-6-7-8-9-12-17(18)13-10-15(11-14-17)16(2,3)4/h15H,5-14,18H2,1-4H3. The molecule has 0 spiro atoms. The van der Waals surface area contributed by atoms with E-state index in [1.165, 1.54) is 64.2 Å². The molecule has 1 heteroatoms. The Labute approximate surface area is 115 Å². The molecule has 0 atom stereocenters. The second kappa shape index (κ2) is 6.93. The first-order valence-electron chi connectivity index (χ1n) is 8.16. The molecule has 0 amide bonds. The molecule has 108 valence electrons. The maximum Gasteiger partial charge on any atom is 0.0154 e. The Morgan fingerprint density at radius 2 is 1.56 bits per heavy atom. The van der Waals surface area contributed by atoms with E-state index < -0.39 is 0 Å². The first-order valence-corrected chi connectivity index (χ1v) is 8.16. The number of hydrogen-bond acceptors (Lipinski definition) is 1. The summed E-state index contributed by atoms with van der Waals surface area (Å²) in [6.45, 7) is 9.42. The van der Waals surface area contributed by atoms with Crippen molar-refractivity contribution in [1.29, 1.82) is 0 Å². The fourth-order valence-corrected chi connectivity index (χ4v) is 3.39. The average Bonchev–Trinajstić information content (AvgIpc) is 2.28. The topological polar surface area (TPSA) is 26.0 Å². The lowest BCUT2D eigenvalue weighted by atomic mass is 9.66. The Morgan fingerprint density at radius 1 is 1.00 bits per heavy atom. The molecule has 0 aromatic carbocycles. The molecule has 0 heterocycles. The monoisotopic (exact) mass is 253 g/mol. The van der Waals surface area contributed by atoms with Crippen LogP contribution in [0.3, 0.4) is 0 Å². The van der Waals surface area contributed by atoms with Crippen molar-refractivity contribution in [3.63, 3.8) is 0 Å². The van der Waals surface area contributed by atoms with E-state index in [2.05, 4.69) is 27.7 Å². The molecular weight excluding hydrogens is 218 g/mol. The molecule has 0 radical (unpaired) electrons. The van der Waals surface area contributed by atoms with Gasteiger partial charge in [0.05, 0.1) is 0 Å². The predicted molar refractivity (Wildman–Crippen MR) is 81.7 cm³/mol. The van der Waals surface area contributed by atoms with Crippen LogP contribution in [0.1, 0.15) is 91.9 Å². The van der Waals surface area contributed by atoms with Crippen LogP contribution in [-0.2, 0) is 0 Å². The highest BCUT2D eigenvalue weighted by Crippen LogP contribution is 2.42. The highest BCUT2D eigenvalue weighted by Gasteiger charge is 2.35. The third-order valence-corrected chi connectivity index (χ3v) is 4.98. The zero-order chi connectivity index (χ0) is 13.6. The molecule has 1 aliphatic rings. The van der Waals surface area contributed by atoms with Crippen molar-refractivity contribution in [3.8, 4) is 0 Å². The normalized spacial score (nSPS) is 29.5. The van der Waals surface area contributed by atoms with Crippen molar-refractivity contribution in [2.24, 2.45) is 17.1 Å². The lowest BCUT2D eigenvalue weighted by molar-refractivity contribution is 0.128. The number of rotatable bonds is 6. The lowest BCUT2D eigenvalue weighted by Crippen LogP contribution is -2.44. The molecular formula is C17H35N. The summed E-state index contributed by atoms with van der Waals surface area (Å²) in [6, 6.07) is 0. The third kappa shape index (κ3) is 5.30. The zero-order valence-corrected chi connectivity index (χ0v) is 13.2. The van der Waals surface area contributed by atoms with Gasteiger partial charge in [0.1, 0.15) is 0 Å². The maximum absolute atomic E-state index is 6.58. The van der Waals surface area contributed by atoms with Crippen LogP contribution in [0, 0.1) is 11.3 Å². The van der Waals surface area contributed by atoms with Crippen LogP contribution in [0.5, 0.6) is 0 Å². The van der Waals surface area contributed by atoms with Gasteiger partial charge < -0.3 is 5.73 Å². The SMILES string of the molecule is CCCCCCCC1(N)CCC(C(C)(C)C)CC1. The summed E-state index contributed by atoms with van der Waals surface area (Å²) in [5, 5.41) is 0. The minimum absolute atomic E-state index is 0.175. The largest absolute Gasteiger partial charge is 0.325 e. The molecule has 18 heavy (non-hydrogen) atoms. The summed E-state index contributed by atoms with van der Waals surface area (Å²) in [5.41, 5.74) is 7.23. The van der Waals surface area contributed by atoms with E-state index in [-0.39, 0.29) is 5.54 Å². The Kier molecular flexibility index (Phi) is 6.17. The molecule has 1 fully saturated rings. The molecule has 0 unspecified atom stereocenters. The maximum atomic E-state index is 6.58. The van der Waals surface area contributed by atoms with Gasteiger partial charge in [-0.05, 0) is 43.4 Å². The lowest BCUT2D eigenvalue weighted by Gasteiger charge is -2.42. The Bertz CT molecular complexity index is 218. The van der Waals surface area contributed by atoms with Crippen molar-refractivity contribution in [2.75, 3.05) is 0 Å². The van der Waals surface area contributed by atoms with Gasteiger partial charge in [-0.2, -0.15) is 0 Å². The fraction of sp³-hybridized carbons (Fsp3) is 1.00. The summed E-state index contributed by atoms with van der Waals surface area (Å²) >= 11 is 0. The van der Waals surface area contributed by atoms with E-state index in [9.17, 15) is 0 Å². The minimum Gasteiger partial charge on any atom is -0.325 e. The second-order valence-electron chi connectivity index (χ2n) is 7.67. The molecule has 0 bridgehead atoms. The molecule has 0 saturated heterocycles. The Hall–Kier alpha value is -0.0400. The minimum atomic E-state index is 0.175. The van der Waals surface area contributed by atoms with Crippen LogP contribution in [0.4, 0.5) is 0 Å². The molecule has 0 aromatic heterocycles. The van der Waals surface area contributed by atoms with Gasteiger partial charge in [-0.3, -0.25) is 0 Å². The molecule has 0 aromatic rings. The highest BCUT2D eigenvalue weighted by atomic mass is 14.7. The van der Waals surface area contributed by atoms with Crippen molar-refractivity contribution in [2.45, 2.75) is 97.4 Å². The molecule has 0 aliphatic heterocycles. The van der Waals surface area contributed by atoms with Gasteiger partial charge in [-0.25, -0.2) is 0 Å². The first kappa shape index (κ1) is 16.0. The van der Waals surface area contributed by atoms with Gasteiger partial charge in [-0.1, -0.05) is 59.8 Å². The van der Waals surface area contributed by atoms with Crippen LogP contribution in [0.15, 0.2) is 0 Å². The van der Waals surface area contributed by atoms with E-state index in [4.69, 9.17) is 5.73 Å². The highest BCUT2D eigenvalue weighted by molar-refractivity contribution is 4.92. The van der Waals surface area contributed by atoms with E-state index in [0.717, 1.165) is 5.92 Å². The number of unbranched alkanes of at least 4 members (excludes halogenated alkanes) is 4. The van der Waals surface area contributed by atoms with Crippen molar-refractivity contribution in [3.05, 3.63) is 0 Å². The van der Waals surface area contributed by atoms with Gasteiger partial charge >= 0.3 is 0 Å². The van der Waals surface area contributed by atoms with Gasteiger partial charge in [-0.15, -0.1) is 0 Å². The van der Waals surface area contributed by atoms with E-state index in [1.54, 1.807) is 0 Å². The zero-order valence-electron chi connectivity index (χ0n) is 13.2. The van der Waals surface area contributed by atoms with Crippen molar-refractivity contribution >= 4 is 0 Å². The summed E-state index contributed by atoms with van der Waals surface area (Å²) in [4.78, 5) is 0. The predicted octanol–water partition coefficient (Wildman–Crippen LogP) is 5.28. The third-order valence-electron chi connectivity index (χ3n) is 4.98. The van der Waals surface area contributed by atoms with Crippen molar-refractivity contribution < 1.29 is 0 Å². The van der Waals surface area contributed by atoms with Crippen LogP contribution in [0.2, 0.25) is 0 Å². The van der Waals surface area contributed by atoms with Crippen LogP contribution in [0.25, 0.3) is 0 Å². The van der Waals surface area contributed by atoms with Gasteiger partial charge in [0, 0.05) is 5.54 Å². The fourth-order valence-electron chi connectivity index (χ4n) is 3.39. The molecule has 1 nitrogen and oxygen atoms in total. The van der Waals surface area contributed by atoms with E-state index >= 15 is 0 Å². The molecule has 1 rings (SSSR count). The smallest absolute Gasteiger partial charge is 0.0154 e. The summed E-state index contributed by atoms with van der Waals surface area (Å²) in [5.74, 6) is 0.884. The van der Waals surface area contributed by atoms with E-state index in [0.29, 0.717) is 5.41 Å². The quantitative estimate of drug-likeness (QED) is 0.640. The van der Waals surface area contributed by atoms with E-state index in [1.807, 2.05) is 0 Å². The Balaban J connectivity index is 2.23. The average molecular weight is 253 g/mol. The number of nitrogens with two attached hydrogens (primary N) is 1. The van der Waals surface area contributed by atoms with Crippen LogP contribution in [-0.4, -0.2) is 5.54 Å². The summed E-state index contributed by atoms with van der Waals surface area (Å²) in [6.07, 6.45) is 13.3.